The van der Waals surface area contributed by atoms with Crippen molar-refractivity contribution in [3.63, 3.8) is 0 Å². The van der Waals surface area contributed by atoms with E-state index in [0.717, 1.165) is 5.69 Å². The molecule has 0 saturated heterocycles. The van der Waals surface area contributed by atoms with Crippen molar-refractivity contribution in [1.82, 2.24) is 14.5 Å². The van der Waals surface area contributed by atoms with Crippen LogP contribution in [0, 0.1) is 0 Å². The second kappa shape index (κ2) is 6.38. The quantitative estimate of drug-likeness (QED) is 0.517. The molecule has 0 unspecified atom stereocenters. The third-order valence-electron chi connectivity index (χ3n) is 3.89. The van der Waals surface area contributed by atoms with Gasteiger partial charge in [0.25, 0.3) is 11.8 Å². The van der Waals surface area contributed by atoms with Gasteiger partial charge in [-0.1, -0.05) is 41.6 Å². The number of fused-ring (bicyclic) bond motifs is 1. The Morgan fingerprint density at radius 3 is 2.40 bits per heavy atom. The highest BCUT2D eigenvalue weighted by atomic mass is 35.5. The van der Waals surface area contributed by atoms with Gasteiger partial charge in [-0.2, -0.15) is 0 Å². The van der Waals surface area contributed by atoms with Gasteiger partial charge in [0.05, 0.1) is 17.0 Å². The number of nitrogens with zero attached hydrogens (tertiary/aromatic N) is 3. The van der Waals surface area contributed by atoms with Crippen molar-refractivity contribution in [2.45, 2.75) is 5.16 Å². The molecule has 7 heteroatoms. The Bertz CT molecular complexity index is 951. The zero-order valence-corrected chi connectivity index (χ0v) is 14.5. The minimum absolute atomic E-state index is 0.198. The van der Waals surface area contributed by atoms with Crippen molar-refractivity contribution in [3.05, 3.63) is 77.1 Å². The van der Waals surface area contributed by atoms with Crippen LogP contribution in [0.5, 0.6) is 0 Å². The SMILES string of the molecule is O=C1c2ccccc2C(=O)N1CSc1nccn1-c1cccc(Cl)c1. The molecule has 2 amide bonds. The topological polar surface area (TPSA) is 55.2 Å². The molecule has 0 atom stereocenters. The van der Waals surface area contributed by atoms with E-state index in [2.05, 4.69) is 4.98 Å². The zero-order chi connectivity index (χ0) is 17.4. The van der Waals surface area contributed by atoms with Crippen molar-refractivity contribution in [2.24, 2.45) is 0 Å². The lowest BCUT2D eigenvalue weighted by Crippen LogP contribution is -2.29. The van der Waals surface area contributed by atoms with Crippen molar-refractivity contribution >= 4 is 35.2 Å². The summed E-state index contributed by atoms with van der Waals surface area (Å²) >= 11 is 7.37. The average Bonchev–Trinajstić information content (AvgIpc) is 3.18. The number of imidazole rings is 1. The molecular weight excluding hydrogens is 358 g/mol. The van der Waals surface area contributed by atoms with Gasteiger partial charge < -0.3 is 0 Å². The molecule has 2 aromatic carbocycles. The fourth-order valence-corrected chi connectivity index (χ4v) is 3.80. The Morgan fingerprint density at radius 2 is 1.72 bits per heavy atom. The zero-order valence-electron chi connectivity index (χ0n) is 12.9. The van der Waals surface area contributed by atoms with E-state index in [-0.39, 0.29) is 17.7 Å². The van der Waals surface area contributed by atoms with Crippen molar-refractivity contribution in [3.8, 4) is 5.69 Å². The molecule has 0 saturated carbocycles. The number of imide groups is 1. The van der Waals surface area contributed by atoms with Crippen LogP contribution in [-0.4, -0.2) is 32.1 Å². The second-order valence-corrected chi connectivity index (χ2v) is 6.77. The van der Waals surface area contributed by atoms with E-state index in [9.17, 15) is 9.59 Å². The fraction of sp³-hybridized carbons (Fsp3) is 0.0556. The van der Waals surface area contributed by atoms with Crippen LogP contribution in [0.4, 0.5) is 0 Å². The van der Waals surface area contributed by atoms with E-state index in [0.29, 0.717) is 21.3 Å². The molecular formula is C18H12ClN3O2S. The second-order valence-electron chi connectivity index (χ2n) is 5.42. The molecule has 0 bridgehead atoms. The number of carbonyl (C=O) groups excluding carboxylic acids is 2. The molecule has 0 fully saturated rings. The molecule has 2 heterocycles. The number of carbonyl (C=O) groups is 2. The van der Waals surface area contributed by atoms with E-state index in [1.807, 2.05) is 29.0 Å². The Kier molecular flexibility index (Phi) is 4.07. The molecule has 3 aromatic rings. The Balaban J connectivity index is 1.55. The first-order chi connectivity index (χ1) is 12.1. The first-order valence-corrected chi connectivity index (χ1v) is 8.89. The van der Waals surface area contributed by atoms with E-state index in [1.165, 1.54) is 16.7 Å². The van der Waals surface area contributed by atoms with Crippen LogP contribution >= 0.6 is 23.4 Å². The largest absolute Gasteiger partial charge is 0.295 e. The van der Waals surface area contributed by atoms with Gasteiger partial charge >= 0.3 is 0 Å². The predicted molar refractivity (Wildman–Crippen MR) is 96.2 cm³/mol. The molecule has 5 nitrogen and oxygen atoms in total. The highest BCUT2D eigenvalue weighted by Gasteiger charge is 2.35. The summed E-state index contributed by atoms with van der Waals surface area (Å²) in [6, 6.07) is 14.3. The summed E-state index contributed by atoms with van der Waals surface area (Å²) in [5, 5.41) is 1.31. The van der Waals surface area contributed by atoms with Gasteiger partial charge in [0, 0.05) is 23.1 Å². The first-order valence-electron chi connectivity index (χ1n) is 7.52. The van der Waals surface area contributed by atoms with E-state index >= 15 is 0 Å². The highest BCUT2D eigenvalue weighted by Crippen LogP contribution is 2.28. The van der Waals surface area contributed by atoms with E-state index in [1.54, 1.807) is 36.5 Å². The molecule has 25 heavy (non-hydrogen) atoms. The summed E-state index contributed by atoms with van der Waals surface area (Å²) in [5.74, 6) is -0.341. The van der Waals surface area contributed by atoms with Gasteiger partial charge in [-0.3, -0.25) is 19.1 Å². The lowest BCUT2D eigenvalue weighted by Gasteiger charge is -2.14. The number of rotatable bonds is 4. The molecule has 1 aromatic heterocycles. The van der Waals surface area contributed by atoms with Crippen molar-refractivity contribution < 1.29 is 9.59 Å². The van der Waals surface area contributed by atoms with Crippen molar-refractivity contribution in [1.29, 1.82) is 0 Å². The van der Waals surface area contributed by atoms with Gasteiger partial charge in [0.15, 0.2) is 5.16 Å². The highest BCUT2D eigenvalue weighted by molar-refractivity contribution is 7.99. The van der Waals surface area contributed by atoms with Crippen LogP contribution in [0.15, 0.2) is 66.1 Å². The predicted octanol–water partition coefficient (Wildman–Crippen LogP) is 3.87. The van der Waals surface area contributed by atoms with Gasteiger partial charge in [-0.05, 0) is 30.3 Å². The first kappa shape index (κ1) is 15.9. The van der Waals surface area contributed by atoms with Crippen molar-refractivity contribution in [2.75, 3.05) is 5.88 Å². The normalized spacial score (nSPS) is 13.4. The summed E-state index contributed by atoms with van der Waals surface area (Å²) in [6.07, 6.45) is 3.49. The number of hydrogen-bond donors (Lipinski definition) is 0. The van der Waals surface area contributed by atoms with Crippen LogP contribution in [-0.2, 0) is 0 Å². The molecule has 124 valence electrons. The molecule has 4 rings (SSSR count). The fourth-order valence-electron chi connectivity index (χ4n) is 2.70. The minimum atomic E-state index is -0.269. The average molecular weight is 370 g/mol. The van der Waals surface area contributed by atoms with Crippen LogP contribution in [0.1, 0.15) is 20.7 Å². The monoisotopic (exact) mass is 369 g/mol. The number of hydrogen-bond acceptors (Lipinski definition) is 4. The third-order valence-corrected chi connectivity index (χ3v) is 5.08. The van der Waals surface area contributed by atoms with E-state index in [4.69, 9.17) is 11.6 Å². The number of benzene rings is 2. The summed E-state index contributed by atoms with van der Waals surface area (Å²) in [5.41, 5.74) is 1.77. The van der Waals surface area contributed by atoms with E-state index < -0.39 is 0 Å². The molecule has 1 aliphatic heterocycles. The molecule has 0 N–H and O–H groups in total. The van der Waals surface area contributed by atoms with Gasteiger partial charge in [0.1, 0.15) is 0 Å². The summed E-state index contributed by atoms with van der Waals surface area (Å²) < 4.78 is 1.87. The van der Waals surface area contributed by atoms with Gasteiger partial charge in [0.2, 0.25) is 0 Å². The maximum Gasteiger partial charge on any atom is 0.262 e. The molecule has 0 radical (unpaired) electrons. The third kappa shape index (κ3) is 2.83. The maximum absolute atomic E-state index is 12.4. The number of halogens is 1. The van der Waals surface area contributed by atoms with Crippen LogP contribution < -0.4 is 0 Å². The summed E-state index contributed by atoms with van der Waals surface area (Å²) in [7, 11) is 0. The van der Waals surface area contributed by atoms with Crippen LogP contribution in [0.3, 0.4) is 0 Å². The number of thioether (sulfide) groups is 1. The molecule has 0 aliphatic carbocycles. The summed E-state index contributed by atoms with van der Waals surface area (Å²) in [4.78, 5) is 30.4. The Morgan fingerprint density at radius 1 is 1.00 bits per heavy atom. The van der Waals surface area contributed by atoms with Gasteiger partial charge in [-0.25, -0.2) is 4.98 Å². The molecule has 0 spiro atoms. The minimum Gasteiger partial charge on any atom is -0.295 e. The maximum atomic E-state index is 12.4. The summed E-state index contributed by atoms with van der Waals surface area (Å²) in [6.45, 7) is 0. The van der Waals surface area contributed by atoms with Gasteiger partial charge in [-0.15, -0.1) is 0 Å². The smallest absolute Gasteiger partial charge is 0.262 e. The van der Waals surface area contributed by atoms with Crippen LogP contribution in [0.25, 0.3) is 5.69 Å². The van der Waals surface area contributed by atoms with Crippen LogP contribution in [0.2, 0.25) is 5.02 Å². The Hall–Kier alpha value is -2.57. The lowest BCUT2D eigenvalue weighted by molar-refractivity contribution is 0.0684. The number of amides is 2. The lowest BCUT2D eigenvalue weighted by atomic mass is 10.1. The molecule has 1 aliphatic rings. The Labute approximate surface area is 153 Å². The number of aromatic nitrogens is 2. The standard InChI is InChI=1S/C18H12ClN3O2S/c19-12-4-3-5-13(10-12)21-9-8-20-18(21)25-11-22-16(23)14-6-1-2-7-15(14)17(22)24/h1-10H,11H2.